The second-order valence-corrected chi connectivity index (χ2v) is 5.63. The Hall–Kier alpha value is -1.52. The van der Waals surface area contributed by atoms with Crippen LogP contribution < -0.4 is 5.32 Å². The minimum absolute atomic E-state index is 0. The zero-order valence-electron chi connectivity index (χ0n) is 12.9. The maximum Gasteiger partial charge on any atom is 0.257 e. The molecule has 1 aliphatic rings. The maximum atomic E-state index is 13.0. The van der Waals surface area contributed by atoms with Gasteiger partial charge in [0.2, 0.25) is 0 Å². The third-order valence-corrected chi connectivity index (χ3v) is 4.19. The van der Waals surface area contributed by atoms with E-state index in [1.807, 2.05) is 29.2 Å². The molecule has 1 aromatic heterocycles. The second-order valence-electron chi connectivity index (χ2n) is 5.63. The fourth-order valence-electron chi connectivity index (χ4n) is 3.11. The zero-order valence-corrected chi connectivity index (χ0v) is 13.7. The van der Waals surface area contributed by atoms with Crippen LogP contribution in [-0.4, -0.2) is 36.5 Å². The average Bonchev–Trinajstić information content (AvgIpc) is 2.97. The summed E-state index contributed by atoms with van der Waals surface area (Å²) >= 11 is 0. The summed E-state index contributed by atoms with van der Waals surface area (Å²) in [5.41, 5.74) is 1.47. The number of fused-ring (bicyclic) bond motifs is 1. The first-order chi connectivity index (χ1) is 10.3. The molecule has 3 rings (SSSR count). The molecule has 0 bridgehead atoms. The standard InChI is InChI=1S/C17H22N2O2.ClH/c1-2-11-19(13-7-9-18-10-8-13)17(20)15-12-21-16-6-4-3-5-14(15)16;/h3-6,12-13,18H,2,7-11H2,1H3;1H. The number of nitrogens with zero attached hydrogens (tertiary/aromatic N) is 1. The van der Waals surface area contributed by atoms with Gasteiger partial charge in [0.05, 0.1) is 5.56 Å². The smallest absolute Gasteiger partial charge is 0.257 e. The molecule has 2 heterocycles. The number of hydrogen-bond acceptors (Lipinski definition) is 3. The van der Waals surface area contributed by atoms with E-state index in [2.05, 4.69) is 12.2 Å². The molecule has 120 valence electrons. The quantitative estimate of drug-likeness (QED) is 0.937. The number of nitrogens with one attached hydrogen (secondary N) is 1. The molecule has 2 aromatic rings. The van der Waals surface area contributed by atoms with Crippen LogP contribution in [0.3, 0.4) is 0 Å². The van der Waals surface area contributed by atoms with Crippen LogP contribution in [0.1, 0.15) is 36.5 Å². The fraction of sp³-hybridized carbons (Fsp3) is 0.471. The number of rotatable bonds is 4. The monoisotopic (exact) mass is 322 g/mol. The van der Waals surface area contributed by atoms with Crippen LogP contribution in [0, 0.1) is 0 Å². The molecule has 1 saturated heterocycles. The van der Waals surface area contributed by atoms with E-state index in [9.17, 15) is 4.79 Å². The van der Waals surface area contributed by atoms with Gasteiger partial charge in [-0.05, 0) is 38.4 Å². The van der Waals surface area contributed by atoms with Gasteiger partial charge in [-0.2, -0.15) is 0 Å². The number of carbonyl (C=O) groups is 1. The number of piperidine rings is 1. The number of amides is 1. The Morgan fingerprint density at radius 3 is 2.77 bits per heavy atom. The summed E-state index contributed by atoms with van der Waals surface area (Å²) in [7, 11) is 0. The number of benzene rings is 1. The van der Waals surface area contributed by atoms with E-state index in [-0.39, 0.29) is 18.3 Å². The summed E-state index contributed by atoms with van der Waals surface area (Å²) in [5.74, 6) is 0.105. The van der Waals surface area contributed by atoms with E-state index in [1.165, 1.54) is 0 Å². The van der Waals surface area contributed by atoms with Gasteiger partial charge in [0.25, 0.3) is 5.91 Å². The lowest BCUT2D eigenvalue weighted by Crippen LogP contribution is -2.46. The Labute approximate surface area is 137 Å². The van der Waals surface area contributed by atoms with Crippen LogP contribution in [0.2, 0.25) is 0 Å². The SMILES string of the molecule is CCCN(C(=O)c1coc2ccccc12)C1CCNCC1.Cl. The van der Waals surface area contributed by atoms with E-state index in [0.29, 0.717) is 11.6 Å². The van der Waals surface area contributed by atoms with E-state index in [0.717, 1.165) is 49.9 Å². The molecule has 4 nitrogen and oxygen atoms in total. The van der Waals surface area contributed by atoms with Crippen LogP contribution in [-0.2, 0) is 0 Å². The molecule has 0 saturated carbocycles. The minimum atomic E-state index is 0. The van der Waals surface area contributed by atoms with E-state index < -0.39 is 0 Å². The van der Waals surface area contributed by atoms with Crippen molar-refractivity contribution in [1.29, 1.82) is 0 Å². The first kappa shape index (κ1) is 16.8. The van der Waals surface area contributed by atoms with Gasteiger partial charge in [-0.25, -0.2) is 0 Å². The molecular formula is C17H23ClN2O2. The van der Waals surface area contributed by atoms with Gasteiger partial charge in [0.1, 0.15) is 11.8 Å². The van der Waals surface area contributed by atoms with Gasteiger partial charge < -0.3 is 14.6 Å². The fourth-order valence-corrected chi connectivity index (χ4v) is 3.11. The molecule has 1 aromatic carbocycles. The molecule has 1 aliphatic heterocycles. The van der Waals surface area contributed by atoms with Crippen molar-refractivity contribution in [2.75, 3.05) is 19.6 Å². The van der Waals surface area contributed by atoms with Crippen molar-refractivity contribution in [2.45, 2.75) is 32.2 Å². The number of carbonyl (C=O) groups excluding carboxylic acids is 1. The largest absolute Gasteiger partial charge is 0.463 e. The summed E-state index contributed by atoms with van der Waals surface area (Å²) in [4.78, 5) is 15.0. The van der Waals surface area contributed by atoms with Gasteiger partial charge in [-0.3, -0.25) is 4.79 Å². The molecule has 0 atom stereocenters. The Kier molecular flexibility index (Phi) is 5.86. The van der Waals surface area contributed by atoms with Gasteiger partial charge in [-0.15, -0.1) is 12.4 Å². The zero-order chi connectivity index (χ0) is 14.7. The molecule has 0 spiro atoms. The van der Waals surface area contributed by atoms with E-state index in [4.69, 9.17) is 4.42 Å². The molecule has 0 radical (unpaired) electrons. The normalized spacial score (nSPS) is 15.5. The Bertz CT molecular complexity index is 620. The summed E-state index contributed by atoms with van der Waals surface area (Å²) < 4.78 is 5.53. The highest BCUT2D eigenvalue weighted by Crippen LogP contribution is 2.24. The lowest BCUT2D eigenvalue weighted by Gasteiger charge is -2.34. The van der Waals surface area contributed by atoms with Crippen LogP contribution in [0.25, 0.3) is 11.0 Å². The van der Waals surface area contributed by atoms with Crippen molar-refractivity contribution < 1.29 is 9.21 Å². The topological polar surface area (TPSA) is 45.5 Å². The molecule has 22 heavy (non-hydrogen) atoms. The Morgan fingerprint density at radius 1 is 1.32 bits per heavy atom. The van der Waals surface area contributed by atoms with Gasteiger partial charge in [0.15, 0.2) is 0 Å². The maximum absolute atomic E-state index is 13.0. The first-order valence-electron chi connectivity index (χ1n) is 7.79. The summed E-state index contributed by atoms with van der Waals surface area (Å²) in [5, 5.41) is 4.27. The van der Waals surface area contributed by atoms with Crippen molar-refractivity contribution in [3.63, 3.8) is 0 Å². The molecule has 1 amide bonds. The number of halogens is 1. The van der Waals surface area contributed by atoms with Crippen molar-refractivity contribution in [1.82, 2.24) is 10.2 Å². The minimum Gasteiger partial charge on any atom is -0.463 e. The summed E-state index contributed by atoms with van der Waals surface area (Å²) in [6.45, 7) is 4.91. The number of furan rings is 1. The van der Waals surface area contributed by atoms with Crippen molar-refractivity contribution in [2.24, 2.45) is 0 Å². The summed E-state index contributed by atoms with van der Waals surface area (Å²) in [6.07, 6.45) is 4.64. The van der Waals surface area contributed by atoms with Crippen molar-refractivity contribution in [3.05, 3.63) is 36.1 Å². The average molecular weight is 323 g/mol. The van der Waals surface area contributed by atoms with Crippen LogP contribution >= 0.6 is 12.4 Å². The van der Waals surface area contributed by atoms with Gasteiger partial charge in [-0.1, -0.05) is 25.1 Å². The van der Waals surface area contributed by atoms with Gasteiger partial charge in [0, 0.05) is 18.0 Å². The highest BCUT2D eigenvalue weighted by molar-refractivity contribution is 6.06. The van der Waals surface area contributed by atoms with E-state index in [1.54, 1.807) is 6.26 Å². The van der Waals surface area contributed by atoms with E-state index >= 15 is 0 Å². The number of para-hydroxylation sites is 1. The van der Waals surface area contributed by atoms with Crippen LogP contribution in [0.5, 0.6) is 0 Å². The van der Waals surface area contributed by atoms with Crippen molar-refractivity contribution >= 4 is 29.3 Å². The number of hydrogen-bond donors (Lipinski definition) is 1. The Morgan fingerprint density at radius 2 is 2.05 bits per heavy atom. The Balaban J connectivity index is 0.00000176. The third kappa shape index (κ3) is 3.28. The first-order valence-corrected chi connectivity index (χ1v) is 7.79. The molecule has 5 heteroatoms. The predicted molar refractivity (Wildman–Crippen MR) is 90.7 cm³/mol. The molecule has 1 N–H and O–H groups in total. The second kappa shape index (κ2) is 7.65. The predicted octanol–water partition coefficient (Wildman–Crippen LogP) is 3.46. The highest BCUT2D eigenvalue weighted by atomic mass is 35.5. The molecular weight excluding hydrogens is 300 g/mol. The van der Waals surface area contributed by atoms with Crippen LogP contribution in [0.4, 0.5) is 0 Å². The molecule has 1 fully saturated rings. The van der Waals surface area contributed by atoms with Crippen molar-refractivity contribution in [3.8, 4) is 0 Å². The molecule has 0 unspecified atom stereocenters. The lowest BCUT2D eigenvalue weighted by molar-refractivity contribution is 0.0643. The van der Waals surface area contributed by atoms with Crippen LogP contribution in [0.15, 0.2) is 34.9 Å². The molecule has 0 aliphatic carbocycles. The van der Waals surface area contributed by atoms with Gasteiger partial charge >= 0.3 is 0 Å². The third-order valence-electron chi connectivity index (χ3n) is 4.19. The summed E-state index contributed by atoms with van der Waals surface area (Å²) in [6, 6.07) is 8.08. The highest BCUT2D eigenvalue weighted by Gasteiger charge is 2.27. The lowest BCUT2D eigenvalue weighted by atomic mass is 10.0.